The molecule has 1 aliphatic rings. The van der Waals surface area contributed by atoms with E-state index in [-0.39, 0.29) is 0 Å². The second-order valence-corrected chi connectivity index (χ2v) is 8.14. The number of nitrogens with zero attached hydrogens (tertiary/aromatic N) is 1. The second-order valence-electron chi connectivity index (χ2n) is 4.55. The first kappa shape index (κ1) is 13.0. The van der Waals surface area contributed by atoms with E-state index in [0.717, 1.165) is 30.1 Å². The van der Waals surface area contributed by atoms with Crippen LogP contribution in [0, 0.1) is 13.8 Å². The van der Waals surface area contributed by atoms with Gasteiger partial charge in [-0.05, 0) is 26.7 Å². The maximum absolute atomic E-state index is 11.3. The van der Waals surface area contributed by atoms with Gasteiger partial charge in [0.1, 0.15) is 9.84 Å². The summed E-state index contributed by atoms with van der Waals surface area (Å²) in [5.41, 5.74) is 1.09. The van der Waals surface area contributed by atoms with Gasteiger partial charge in [-0.3, -0.25) is 0 Å². The summed E-state index contributed by atoms with van der Waals surface area (Å²) in [6.45, 7) is 4.84. The molecule has 0 saturated carbocycles. The van der Waals surface area contributed by atoms with E-state index in [1.807, 2.05) is 13.8 Å². The van der Waals surface area contributed by atoms with Gasteiger partial charge in [0.25, 0.3) is 0 Å². The molecule has 1 aromatic heterocycles. The Morgan fingerprint density at radius 2 is 2.00 bits per heavy atom. The average Bonchev–Trinajstić information content (AvgIpc) is 2.56. The average molecular weight is 274 g/mol. The number of rotatable bonds is 3. The smallest absolute Gasteiger partial charge is 0.150 e. The quantitative estimate of drug-likeness (QED) is 0.906. The van der Waals surface area contributed by atoms with Crippen molar-refractivity contribution in [3.05, 3.63) is 15.6 Å². The fraction of sp³-hybridized carbons (Fsp3) is 0.727. The molecule has 6 heteroatoms. The van der Waals surface area contributed by atoms with Crippen molar-refractivity contribution in [2.45, 2.75) is 39.3 Å². The van der Waals surface area contributed by atoms with E-state index >= 15 is 0 Å². The van der Waals surface area contributed by atoms with Crippen LogP contribution in [0.3, 0.4) is 0 Å². The van der Waals surface area contributed by atoms with Gasteiger partial charge in [-0.15, -0.1) is 11.3 Å². The molecule has 0 spiro atoms. The van der Waals surface area contributed by atoms with Crippen LogP contribution in [-0.2, 0) is 16.4 Å². The van der Waals surface area contributed by atoms with Gasteiger partial charge in [0.15, 0.2) is 0 Å². The third-order valence-electron chi connectivity index (χ3n) is 3.11. The standard InChI is InChI=1S/C11H18N2O2S2/c1-8-11(16-9(2)13-8)7-12-10-3-5-17(14,15)6-4-10/h10,12H,3-7H2,1-2H3. The van der Waals surface area contributed by atoms with E-state index in [4.69, 9.17) is 0 Å². The summed E-state index contributed by atoms with van der Waals surface area (Å²) in [5, 5.41) is 4.52. The topological polar surface area (TPSA) is 59.1 Å². The van der Waals surface area contributed by atoms with Gasteiger partial charge in [-0.1, -0.05) is 0 Å². The first-order valence-corrected chi connectivity index (χ1v) is 8.47. The molecule has 17 heavy (non-hydrogen) atoms. The summed E-state index contributed by atoms with van der Waals surface area (Å²) in [4.78, 5) is 5.64. The molecule has 2 heterocycles. The van der Waals surface area contributed by atoms with Crippen molar-refractivity contribution >= 4 is 21.2 Å². The Labute approximate surface area is 106 Å². The van der Waals surface area contributed by atoms with Gasteiger partial charge in [0.05, 0.1) is 22.2 Å². The van der Waals surface area contributed by atoms with Crippen LogP contribution in [0.2, 0.25) is 0 Å². The van der Waals surface area contributed by atoms with Crippen LogP contribution < -0.4 is 5.32 Å². The lowest BCUT2D eigenvalue weighted by molar-refractivity contribution is 0.464. The fourth-order valence-corrected chi connectivity index (χ4v) is 4.45. The highest BCUT2D eigenvalue weighted by Gasteiger charge is 2.23. The minimum absolute atomic E-state index is 0.325. The van der Waals surface area contributed by atoms with Crippen molar-refractivity contribution in [3.63, 3.8) is 0 Å². The molecular weight excluding hydrogens is 256 g/mol. The zero-order valence-corrected chi connectivity index (χ0v) is 11.8. The molecule has 0 radical (unpaired) electrons. The normalized spacial score (nSPS) is 20.6. The Hall–Kier alpha value is -0.460. The lowest BCUT2D eigenvalue weighted by atomic mass is 10.1. The van der Waals surface area contributed by atoms with Crippen LogP contribution in [0.5, 0.6) is 0 Å². The maximum atomic E-state index is 11.3. The molecular formula is C11H18N2O2S2. The SMILES string of the molecule is Cc1nc(C)c(CNC2CCS(=O)(=O)CC2)s1. The Kier molecular flexibility index (Phi) is 3.85. The number of hydrogen-bond acceptors (Lipinski definition) is 5. The summed E-state index contributed by atoms with van der Waals surface area (Å²) in [7, 11) is -2.75. The molecule has 1 aromatic rings. The van der Waals surface area contributed by atoms with Crippen molar-refractivity contribution in [2.24, 2.45) is 0 Å². The predicted molar refractivity (Wildman–Crippen MR) is 70.1 cm³/mol. The summed E-state index contributed by atoms with van der Waals surface area (Å²) in [6.07, 6.45) is 1.47. The molecule has 0 amide bonds. The van der Waals surface area contributed by atoms with Gasteiger partial charge in [0.2, 0.25) is 0 Å². The summed E-state index contributed by atoms with van der Waals surface area (Å²) >= 11 is 1.71. The van der Waals surface area contributed by atoms with Gasteiger partial charge >= 0.3 is 0 Å². The first-order chi connectivity index (χ1) is 7.96. The van der Waals surface area contributed by atoms with E-state index in [0.29, 0.717) is 17.5 Å². The highest BCUT2D eigenvalue weighted by molar-refractivity contribution is 7.91. The first-order valence-electron chi connectivity index (χ1n) is 5.83. The Bertz CT molecular complexity index is 480. The number of hydrogen-bond donors (Lipinski definition) is 1. The van der Waals surface area contributed by atoms with Crippen LogP contribution >= 0.6 is 11.3 Å². The maximum Gasteiger partial charge on any atom is 0.150 e. The van der Waals surface area contributed by atoms with Gasteiger partial charge < -0.3 is 5.32 Å². The fourth-order valence-electron chi connectivity index (χ4n) is 2.07. The highest BCUT2D eigenvalue weighted by atomic mass is 32.2. The van der Waals surface area contributed by atoms with Crippen molar-refractivity contribution in [1.29, 1.82) is 0 Å². The summed E-state index contributed by atoms with van der Waals surface area (Å²) < 4.78 is 22.6. The second kappa shape index (κ2) is 5.04. The molecule has 0 atom stereocenters. The Balaban J connectivity index is 1.85. The molecule has 1 saturated heterocycles. The molecule has 1 N–H and O–H groups in total. The monoisotopic (exact) mass is 274 g/mol. The van der Waals surface area contributed by atoms with Crippen molar-refractivity contribution in [3.8, 4) is 0 Å². The minimum atomic E-state index is -2.75. The lowest BCUT2D eigenvalue weighted by Crippen LogP contribution is -2.37. The molecule has 4 nitrogen and oxygen atoms in total. The Morgan fingerprint density at radius 1 is 1.35 bits per heavy atom. The molecule has 96 valence electrons. The van der Waals surface area contributed by atoms with Crippen LogP contribution in [-0.4, -0.2) is 30.9 Å². The Morgan fingerprint density at radius 3 is 2.53 bits per heavy atom. The van der Waals surface area contributed by atoms with Crippen LogP contribution in [0.4, 0.5) is 0 Å². The number of sulfone groups is 1. The molecule has 0 bridgehead atoms. The zero-order chi connectivity index (χ0) is 12.5. The molecule has 0 unspecified atom stereocenters. The van der Waals surface area contributed by atoms with Gasteiger partial charge in [-0.25, -0.2) is 13.4 Å². The van der Waals surface area contributed by atoms with E-state index < -0.39 is 9.84 Å². The van der Waals surface area contributed by atoms with Crippen molar-refractivity contribution in [2.75, 3.05) is 11.5 Å². The van der Waals surface area contributed by atoms with E-state index in [1.165, 1.54) is 4.88 Å². The third-order valence-corrected chi connectivity index (χ3v) is 5.89. The number of aryl methyl sites for hydroxylation is 2. The van der Waals surface area contributed by atoms with E-state index in [2.05, 4.69) is 10.3 Å². The van der Waals surface area contributed by atoms with E-state index in [1.54, 1.807) is 11.3 Å². The largest absolute Gasteiger partial charge is 0.309 e. The van der Waals surface area contributed by atoms with E-state index in [9.17, 15) is 8.42 Å². The molecule has 1 fully saturated rings. The molecule has 0 aliphatic carbocycles. The van der Waals surface area contributed by atoms with Gasteiger partial charge in [0, 0.05) is 17.5 Å². The van der Waals surface area contributed by atoms with Crippen molar-refractivity contribution in [1.82, 2.24) is 10.3 Å². The minimum Gasteiger partial charge on any atom is -0.309 e. The van der Waals surface area contributed by atoms with Crippen LogP contribution in [0.1, 0.15) is 28.4 Å². The summed E-state index contributed by atoms with van der Waals surface area (Å²) in [5.74, 6) is 0.650. The number of nitrogens with one attached hydrogen (secondary N) is 1. The highest BCUT2D eigenvalue weighted by Crippen LogP contribution is 2.18. The number of thiazole rings is 1. The third kappa shape index (κ3) is 3.50. The predicted octanol–water partition coefficient (Wildman–Crippen LogP) is 1.43. The van der Waals surface area contributed by atoms with Crippen molar-refractivity contribution < 1.29 is 8.42 Å². The molecule has 1 aliphatic heterocycles. The van der Waals surface area contributed by atoms with Crippen LogP contribution in [0.15, 0.2) is 0 Å². The van der Waals surface area contributed by atoms with Crippen LogP contribution in [0.25, 0.3) is 0 Å². The number of aromatic nitrogens is 1. The zero-order valence-electron chi connectivity index (χ0n) is 10.2. The lowest BCUT2D eigenvalue weighted by Gasteiger charge is -2.22. The molecule has 2 rings (SSSR count). The summed E-state index contributed by atoms with van der Waals surface area (Å²) in [6, 6.07) is 0.334. The van der Waals surface area contributed by atoms with Gasteiger partial charge in [-0.2, -0.15) is 0 Å². The molecule has 0 aromatic carbocycles.